The van der Waals surface area contributed by atoms with Gasteiger partial charge < -0.3 is 19.3 Å². The smallest absolute Gasteiger partial charge is 0.246 e. The van der Waals surface area contributed by atoms with E-state index in [9.17, 15) is 9.18 Å². The molecule has 0 saturated heterocycles. The number of nitrogens with one attached hydrogen (secondary N) is 1. The molecule has 1 N–H and O–H groups in total. The summed E-state index contributed by atoms with van der Waals surface area (Å²) in [6, 6.07) is 11.0. The van der Waals surface area contributed by atoms with E-state index in [1.165, 1.54) is 25.3 Å². The van der Waals surface area contributed by atoms with Crippen molar-refractivity contribution in [1.82, 2.24) is 15.5 Å². The summed E-state index contributed by atoms with van der Waals surface area (Å²) in [5, 5.41) is 6.56. The van der Waals surface area contributed by atoms with E-state index in [0.717, 1.165) is 0 Å². The molecule has 144 valence electrons. The van der Waals surface area contributed by atoms with Gasteiger partial charge in [-0.2, -0.15) is 4.98 Å². The van der Waals surface area contributed by atoms with E-state index in [1.54, 1.807) is 43.5 Å². The average molecular weight is 383 g/mol. The normalized spacial score (nSPS) is 10.8. The van der Waals surface area contributed by atoms with Crippen molar-refractivity contribution in [1.29, 1.82) is 0 Å². The minimum absolute atomic E-state index is 0.0675. The fourth-order valence-electron chi connectivity index (χ4n) is 2.39. The van der Waals surface area contributed by atoms with Crippen LogP contribution in [-0.4, -0.2) is 30.3 Å². The number of nitrogens with zero attached hydrogens (tertiary/aromatic N) is 2. The number of halogens is 1. The number of aromatic nitrogens is 2. The Bertz CT molecular complexity index is 983. The molecule has 28 heavy (non-hydrogen) atoms. The second kappa shape index (κ2) is 8.81. The summed E-state index contributed by atoms with van der Waals surface area (Å²) in [5.74, 6) is 1.10. The van der Waals surface area contributed by atoms with Gasteiger partial charge in [0.15, 0.2) is 0 Å². The van der Waals surface area contributed by atoms with Gasteiger partial charge in [0.05, 0.1) is 26.3 Å². The Morgan fingerprint density at radius 1 is 1.18 bits per heavy atom. The SMILES string of the molecule is COc1ccc(-c2noc(CNC(=O)/C=C/c3ccc(F)cc3)n2)c(OC)c1. The van der Waals surface area contributed by atoms with Gasteiger partial charge in [0.25, 0.3) is 0 Å². The van der Waals surface area contributed by atoms with E-state index in [-0.39, 0.29) is 24.2 Å². The lowest BCUT2D eigenvalue weighted by Gasteiger charge is -2.07. The van der Waals surface area contributed by atoms with Crippen LogP contribution in [0, 0.1) is 5.82 Å². The molecule has 0 radical (unpaired) electrons. The molecule has 1 heterocycles. The van der Waals surface area contributed by atoms with Crippen molar-refractivity contribution >= 4 is 12.0 Å². The minimum atomic E-state index is -0.342. The highest BCUT2D eigenvalue weighted by Crippen LogP contribution is 2.31. The second-order valence-corrected chi connectivity index (χ2v) is 5.68. The molecule has 0 aliphatic carbocycles. The van der Waals surface area contributed by atoms with Gasteiger partial charge in [-0.1, -0.05) is 17.3 Å². The molecule has 0 unspecified atom stereocenters. The molecule has 2 aromatic carbocycles. The Morgan fingerprint density at radius 2 is 1.96 bits per heavy atom. The quantitative estimate of drug-likeness (QED) is 0.631. The number of methoxy groups -OCH3 is 2. The van der Waals surface area contributed by atoms with E-state index in [1.807, 2.05) is 0 Å². The predicted octanol–water partition coefficient (Wildman–Crippen LogP) is 3.22. The average Bonchev–Trinajstić information content (AvgIpc) is 3.20. The van der Waals surface area contributed by atoms with Crippen molar-refractivity contribution in [2.24, 2.45) is 0 Å². The van der Waals surface area contributed by atoms with Gasteiger partial charge in [-0.05, 0) is 35.9 Å². The highest BCUT2D eigenvalue weighted by Gasteiger charge is 2.14. The summed E-state index contributed by atoms with van der Waals surface area (Å²) < 4.78 is 28.5. The van der Waals surface area contributed by atoms with Crippen molar-refractivity contribution < 1.29 is 23.2 Å². The van der Waals surface area contributed by atoms with Crippen molar-refractivity contribution in [3.63, 3.8) is 0 Å². The molecule has 0 atom stereocenters. The number of carbonyl (C=O) groups excluding carboxylic acids is 1. The number of ether oxygens (including phenoxy) is 2. The van der Waals surface area contributed by atoms with Crippen LogP contribution in [0.5, 0.6) is 11.5 Å². The first-order valence-electron chi connectivity index (χ1n) is 8.35. The molecule has 0 saturated carbocycles. The van der Waals surface area contributed by atoms with Crippen LogP contribution < -0.4 is 14.8 Å². The first kappa shape index (κ1) is 19.1. The van der Waals surface area contributed by atoms with Crippen LogP contribution in [0.15, 0.2) is 53.1 Å². The highest BCUT2D eigenvalue weighted by atomic mass is 19.1. The first-order chi connectivity index (χ1) is 13.6. The van der Waals surface area contributed by atoms with E-state index in [2.05, 4.69) is 15.5 Å². The maximum absolute atomic E-state index is 12.9. The number of amides is 1. The van der Waals surface area contributed by atoms with Crippen LogP contribution in [-0.2, 0) is 11.3 Å². The molecule has 7 nitrogen and oxygen atoms in total. The van der Waals surface area contributed by atoms with Crippen molar-refractivity contribution in [3.05, 3.63) is 65.8 Å². The van der Waals surface area contributed by atoms with E-state index in [0.29, 0.717) is 28.5 Å². The Hall–Kier alpha value is -3.68. The second-order valence-electron chi connectivity index (χ2n) is 5.68. The Balaban J connectivity index is 1.62. The zero-order valence-electron chi connectivity index (χ0n) is 15.3. The van der Waals surface area contributed by atoms with E-state index >= 15 is 0 Å². The Labute approximate surface area is 160 Å². The Morgan fingerprint density at radius 3 is 2.68 bits per heavy atom. The molecule has 0 bridgehead atoms. The number of carbonyl (C=O) groups is 1. The van der Waals surface area contributed by atoms with E-state index < -0.39 is 0 Å². The van der Waals surface area contributed by atoms with Gasteiger partial charge in [0.1, 0.15) is 17.3 Å². The molecular weight excluding hydrogens is 365 g/mol. The molecule has 0 spiro atoms. The lowest BCUT2D eigenvalue weighted by Crippen LogP contribution is -2.20. The van der Waals surface area contributed by atoms with Crippen LogP contribution in [0.4, 0.5) is 4.39 Å². The lowest BCUT2D eigenvalue weighted by atomic mass is 10.2. The monoisotopic (exact) mass is 383 g/mol. The standard InChI is InChI=1S/C20H18FN3O4/c1-26-15-8-9-16(17(11-15)27-2)20-23-19(28-24-20)12-22-18(25)10-5-13-3-6-14(21)7-4-13/h3-11H,12H2,1-2H3,(H,22,25)/b10-5+. The number of rotatable bonds is 7. The van der Waals surface area contributed by atoms with Crippen LogP contribution in [0.25, 0.3) is 17.5 Å². The fraction of sp³-hybridized carbons (Fsp3) is 0.150. The van der Waals surface area contributed by atoms with Gasteiger partial charge in [-0.25, -0.2) is 4.39 Å². The first-order valence-corrected chi connectivity index (χ1v) is 8.35. The summed E-state index contributed by atoms with van der Waals surface area (Å²) in [6.45, 7) is 0.0675. The van der Waals surface area contributed by atoms with Gasteiger partial charge in [-0.15, -0.1) is 0 Å². The van der Waals surface area contributed by atoms with Crippen LogP contribution in [0.1, 0.15) is 11.5 Å². The maximum Gasteiger partial charge on any atom is 0.246 e. The zero-order valence-corrected chi connectivity index (χ0v) is 15.3. The third-order valence-corrected chi connectivity index (χ3v) is 3.83. The lowest BCUT2D eigenvalue weighted by molar-refractivity contribution is -0.116. The minimum Gasteiger partial charge on any atom is -0.497 e. The number of hydrogen-bond acceptors (Lipinski definition) is 6. The molecule has 0 aliphatic rings. The number of hydrogen-bond donors (Lipinski definition) is 1. The van der Waals surface area contributed by atoms with Gasteiger partial charge in [0, 0.05) is 12.1 Å². The molecular formula is C20H18FN3O4. The maximum atomic E-state index is 12.9. The van der Waals surface area contributed by atoms with Gasteiger partial charge in [0.2, 0.25) is 17.6 Å². The molecule has 0 aliphatic heterocycles. The highest BCUT2D eigenvalue weighted by molar-refractivity contribution is 5.91. The summed E-state index contributed by atoms with van der Waals surface area (Å²) in [6.07, 6.45) is 2.92. The molecule has 0 fully saturated rings. The predicted molar refractivity (Wildman–Crippen MR) is 100 cm³/mol. The van der Waals surface area contributed by atoms with Crippen LogP contribution in [0.2, 0.25) is 0 Å². The topological polar surface area (TPSA) is 86.5 Å². The summed E-state index contributed by atoms with van der Waals surface area (Å²) in [5.41, 5.74) is 1.35. The molecule has 3 aromatic rings. The molecule has 8 heteroatoms. The summed E-state index contributed by atoms with van der Waals surface area (Å²) in [4.78, 5) is 16.2. The third-order valence-electron chi connectivity index (χ3n) is 3.83. The van der Waals surface area contributed by atoms with Crippen LogP contribution >= 0.6 is 0 Å². The largest absolute Gasteiger partial charge is 0.497 e. The van der Waals surface area contributed by atoms with Crippen molar-refractivity contribution in [2.45, 2.75) is 6.54 Å². The van der Waals surface area contributed by atoms with Crippen LogP contribution in [0.3, 0.4) is 0 Å². The third kappa shape index (κ3) is 4.73. The zero-order chi connectivity index (χ0) is 19.9. The molecule has 3 rings (SSSR count). The van der Waals surface area contributed by atoms with Crippen molar-refractivity contribution in [3.8, 4) is 22.9 Å². The molecule has 1 amide bonds. The van der Waals surface area contributed by atoms with Crippen molar-refractivity contribution in [2.75, 3.05) is 14.2 Å². The summed E-state index contributed by atoms with van der Waals surface area (Å²) >= 11 is 0. The summed E-state index contributed by atoms with van der Waals surface area (Å²) in [7, 11) is 3.10. The number of benzene rings is 2. The van der Waals surface area contributed by atoms with E-state index in [4.69, 9.17) is 14.0 Å². The Kier molecular flexibility index (Phi) is 6.01. The fourth-order valence-corrected chi connectivity index (χ4v) is 2.39. The molecule has 1 aromatic heterocycles. The van der Waals surface area contributed by atoms with Gasteiger partial charge >= 0.3 is 0 Å². The van der Waals surface area contributed by atoms with Gasteiger partial charge in [-0.3, -0.25) is 4.79 Å².